The highest BCUT2D eigenvalue weighted by atomic mass is 19.1. The smallest absolute Gasteiger partial charge is 0.146 e. The standard InChI is InChI=1S/C14H21FN2/c1-10(16)11-7-8-14(13(15)9-11)17(2)12-5-3-4-6-12/h7-10,12H,3-6,16H2,1-2H3/t10-/m1/s1. The second-order valence-electron chi connectivity index (χ2n) is 5.05. The van der Waals surface area contributed by atoms with E-state index in [1.807, 2.05) is 26.1 Å². The number of rotatable bonds is 3. The highest BCUT2D eigenvalue weighted by Gasteiger charge is 2.21. The molecule has 0 radical (unpaired) electrons. The van der Waals surface area contributed by atoms with Crippen molar-refractivity contribution in [1.29, 1.82) is 0 Å². The summed E-state index contributed by atoms with van der Waals surface area (Å²) in [5, 5.41) is 0. The maximum Gasteiger partial charge on any atom is 0.146 e. The summed E-state index contributed by atoms with van der Waals surface area (Å²) < 4.78 is 14.0. The van der Waals surface area contributed by atoms with Gasteiger partial charge in [-0.2, -0.15) is 0 Å². The van der Waals surface area contributed by atoms with E-state index in [1.54, 1.807) is 6.07 Å². The van der Waals surface area contributed by atoms with E-state index in [0.29, 0.717) is 11.7 Å². The average Bonchev–Trinajstić information content (AvgIpc) is 2.81. The van der Waals surface area contributed by atoms with Crippen molar-refractivity contribution in [3.8, 4) is 0 Å². The topological polar surface area (TPSA) is 29.3 Å². The van der Waals surface area contributed by atoms with Gasteiger partial charge < -0.3 is 10.6 Å². The predicted octanol–water partition coefficient (Wildman–Crippen LogP) is 3.22. The zero-order valence-corrected chi connectivity index (χ0v) is 10.6. The van der Waals surface area contributed by atoms with E-state index in [1.165, 1.54) is 25.7 Å². The van der Waals surface area contributed by atoms with Crippen molar-refractivity contribution in [3.05, 3.63) is 29.6 Å². The Labute approximate surface area is 103 Å². The van der Waals surface area contributed by atoms with Crippen molar-refractivity contribution in [2.75, 3.05) is 11.9 Å². The Morgan fingerprint density at radius 2 is 2.00 bits per heavy atom. The van der Waals surface area contributed by atoms with Crippen LogP contribution in [0.15, 0.2) is 18.2 Å². The molecule has 1 aliphatic carbocycles. The number of hydrogen-bond acceptors (Lipinski definition) is 2. The van der Waals surface area contributed by atoms with Gasteiger partial charge in [0.25, 0.3) is 0 Å². The normalized spacial score (nSPS) is 18.4. The van der Waals surface area contributed by atoms with Crippen LogP contribution in [0.2, 0.25) is 0 Å². The van der Waals surface area contributed by atoms with Crippen molar-refractivity contribution >= 4 is 5.69 Å². The Bertz CT molecular complexity index is 384. The van der Waals surface area contributed by atoms with Crippen LogP contribution in [0.25, 0.3) is 0 Å². The number of anilines is 1. The lowest BCUT2D eigenvalue weighted by atomic mass is 10.1. The van der Waals surface area contributed by atoms with Gasteiger partial charge in [-0.3, -0.25) is 0 Å². The molecule has 3 heteroatoms. The molecule has 2 N–H and O–H groups in total. The van der Waals surface area contributed by atoms with Crippen LogP contribution in [0.1, 0.15) is 44.2 Å². The minimum atomic E-state index is -0.158. The van der Waals surface area contributed by atoms with Crippen molar-refractivity contribution in [3.63, 3.8) is 0 Å². The molecule has 17 heavy (non-hydrogen) atoms. The molecule has 0 saturated heterocycles. The fourth-order valence-electron chi connectivity index (χ4n) is 2.58. The van der Waals surface area contributed by atoms with Crippen LogP contribution in [-0.2, 0) is 0 Å². The summed E-state index contributed by atoms with van der Waals surface area (Å²) in [5.74, 6) is -0.158. The monoisotopic (exact) mass is 236 g/mol. The zero-order valence-electron chi connectivity index (χ0n) is 10.6. The lowest BCUT2D eigenvalue weighted by Gasteiger charge is -2.27. The first-order valence-corrected chi connectivity index (χ1v) is 6.37. The number of hydrogen-bond donors (Lipinski definition) is 1. The van der Waals surface area contributed by atoms with E-state index in [4.69, 9.17) is 5.73 Å². The molecule has 0 amide bonds. The van der Waals surface area contributed by atoms with Gasteiger partial charge in [-0.05, 0) is 37.5 Å². The van der Waals surface area contributed by atoms with Gasteiger partial charge in [-0.15, -0.1) is 0 Å². The minimum Gasteiger partial charge on any atom is -0.369 e. The van der Waals surface area contributed by atoms with Gasteiger partial charge in [0.15, 0.2) is 0 Å². The van der Waals surface area contributed by atoms with Crippen molar-refractivity contribution in [2.24, 2.45) is 5.73 Å². The number of nitrogens with zero attached hydrogens (tertiary/aromatic N) is 1. The van der Waals surface area contributed by atoms with Crippen molar-refractivity contribution in [2.45, 2.75) is 44.7 Å². The molecular weight excluding hydrogens is 215 g/mol. The number of benzene rings is 1. The summed E-state index contributed by atoms with van der Waals surface area (Å²) in [4.78, 5) is 2.08. The Balaban J connectivity index is 2.20. The molecule has 1 fully saturated rings. The molecule has 1 atom stereocenters. The molecular formula is C14H21FN2. The van der Waals surface area contributed by atoms with Crippen molar-refractivity contribution < 1.29 is 4.39 Å². The van der Waals surface area contributed by atoms with Crippen LogP contribution >= 0.6 is 0 Å². The van der Waals surface area contributed by atoms with Gasteiger partial charge in [0.2, 0.25) is 0 Å². The first kappa shape index (κ1) is 12.4. The SMILES string of the molecule is C[C@@H](N)c1ccc(N(C)C2CCCC2)c(F)c1. The van der Waals surface area contributed by atoms with Crippen LogP contribution in [0.4, 0.5) is 10.1 Å². The Kier molecular flexibility index (Phi) is 3.67. The summed E-state index contributed by atoms with van der Waals surface area (Å²) in [6.07, 6.45) is 4.86. The predicted molar refractivity (Wildman–Crippen MR) is 69.7 cm³/mol. The zero-order chi connectivity index (χ0) is 12.4. The van der Waals surface area contributed by atoms with Gasteiger partial charge >= 0.3 is 0 Å². The number of nitrogens with two attached hydrogens (primary N) is 1. The molecule has 0 heterocycles. The second kappa shape index (κ2) is 5.05. The van der Waals surface area contributed by atoms with Crippen LogP contribution in [0.3, 0.4) is 0 Å². The maximum absolute atomic E-state index is 14.0. The van der Waals surface area contributed by atoms with E-state index in [0.717, 1.165) is 5.56 Å². The third-order valence-electron chi connectivity index (χ3n) is 3.75. The number of halogens is 1. The average molecular weight is 236 g/mol. The molecule has 94 valence electrons. The molecule has 0 aromatic heterocycles. The maximum atomic E-state index is 14.0. The molecule has 0 spiro atoms. The fraction of sp³-hybridized carbons (Fsp3) is 0.571. The van der Waals surface area contributed by atoms with Gasteiger partial charge in [0.1, 0.15) is 5.82 Å². The van der Waals surface area contributed by atoms with Crippen LogP contribution in [0, 0.1) is 5.82 Å². The molecule has 1 aromatic rings. The quantitative estimate of drug-likeness (QED) is 0.873. The minimum absolute atomic E-state index is 0.115. The lowest BCUT2D eigenvalue weighted by molar-refractivity contribution is 0.592. The summed E-state index contributed by atoms with van der Waals surface area (Å²) in [6, 6.07) is 5.72. The van der Waals surface area contributed by atoms with E-state index in [2.05, 4.69) is 4.90 Å². The van der Waals surface area contributed by atoms with E-state index in [-0.39, 0.29) is 11.9 Å². The summed E-state index contributed by atoms with van der Waals surface area (Å²) in [5.41, 5.74) is 7.30. The first-order chi connectivity index (χ1) is 8.09. The van der Waals surface area contributed by atoms with Gasteiger partial charge in [-0.1, -0.05) is 18.9 Å². The fourth-order valence-corrected chi connectivity index (χ4v) is 2.58. The van der Waals surface area contributed by atoms with E-state index < -0.39 is 0 Å². The Morgan fingerprint density at radius 3 is 2.53 bits per heavy atom. The molecule has 0 unspecified atom stereocenters. The van der Waals surface area contributed by atoms with Crippen LogP contribution in [0.5, 0.6) is 0 Å². The summed E-state index contributed by atoms with van der Waals surface area (Å²) in [6.45, 7) is 1.87. The van der Waals surface area contributed by atoms with E-state index >= 15 is 0 Å². The molecule has 2 nitrogen and oxygen atoms in total. The molecule has 0 bridgehead atoms. The van der Waals surface area contributed by atoms with Gasteiger partial charge in [0, 0.05) is 19.1 Å². The molecule has 1 saturated carbocycles. The van der Waals surface area contributed by atoms with Crippen molar-refractivity contribution in [1.82, 2.24) is 0 Å². The molecule has 2 rings (SSSR count). The molecule has 1 aliphatic rings. The molecule has 1 aromatic carbocycles. The van der Waals surface area contributed by atoms with E-state index in [9.17, 15) is 4.39 Å². The third kappa shape index (κ3) is 2.60. The highest BCUT2D eigenvalue weighted by Crippen LogP contribution is 2.29. The largest absolute Gasteiger partial charge is 0.369 e. The molecule has 0 aliphatic heterocycles. The van der Waals surface area contributed by atoms with Crippen LogP contribution in [-0.4, -0.2) is 13.1 Å². The summed E-state index contributed by atoms with van der Waals surface area (Å²) >= 11 is 0. The third-order valence-corrected chi connectivity index (χ3v) is 3.75. The lowest BCUT2D eigenvalue weighted by Crippen LogP contribution is -2.29. The second-order valence-corrected chi connectivity index (χ2v) is 5.05. The first-order valence-electron chi connectivity index (χ1n) is 6.37. The van der Waals surface area contributed by atoms with Gasteiger partial charge in [-0.25, -0.2) is 4.39 Å². The Hall–Kier alpha value is -1.09. The van der Waals surface area contributed by atoms with Gasteiger partial charge in [0.05, 0.1) is 5.69 Å². The Morgan fingerprint density at radius 1 is 1.35 bits per heavy atom. The summed E-state index contributed by atoms with van der Waals surface area (Å²) in [7, 11) is 1.99. The van der Waals surface area contributed by atoms with Crippen LogP contribution < -0.4 is 10.6 Å². The highest BCUT2D eigenvalue weighted by molar-refractivity contribution is 5.50.